The van der Waals surface area contributed by atoms with Gasteiger partial charge in [-0.2, -0.15) is 0 Å². The Hall–Kier alpha value is -4.14. The van der Waals surface area contributed by atoms with Gasteiger partial charge >= 0.3 is 6.03 Å². The molecule has 0 saturated heterocycles. The van der Waals surface area contributed by atoms with Gasteiger partial charge in [0, 0.05) is 49.6 Å². The lowest BCUT2D eigenvalue weighted by molar-refractivity contribution is -0.0186. The molecule has 4 aromatic rings. The molecule has 2 heterocycles. The van der Waals surface area contributed by atoms with E-state index in [1.807, 2.05) is 111 Å². The van der Waals surface area contributed by atoms with Gasteiger partial charge in [-0.1, -0.05) is 79.7 Å². The number of hydrogen-bond donors (Lipinski definition) is 2. The number of carbonyl (C=O) groups is 2. The highest BCUT2D eigenvalue weighted by Gasteiger charge is 2.34. The second-order valence-electron chi connectivity index (χ2n) is 11.7. The van der Waals surface area contributed by atoms with Crippen LogP contribution in [0.15, 0.2) is 78.9 Å². The van der Waals surface area contributed by atoms with Crippen LogP contribution in [0, 0.1) is 5.92 Å². The summed E-state index contributed by atoms with van der Waals surface area (Å²) in [7, 11) is 3.69. The van der Waals surface area contributed by atoms with Crippen molar-refractivity contribution in [2.45, 2.75) is 45.6 Å². The first-order valence-electron chi connectivity index (χ1n) is 15.0. The third-order valence-corrected chi connectivity index (χ3v) is 8.67. The van der Waals surface area contributed by atoms with E-state index in [-0.39, 0.29) is 36.6 Å². The molecule has 3 aromatic carbocycles. The number of benzene rings is 3. The van der Waals surface area contributed by atoms with Crippen molar-refractivity contribution in [2.24, 2.45) is 13.0 Å². The van der Waals surface area contributed by atoms with E-state index in [0.717, 1.165) is 33.2 Å². The maximum absolute atomic E-state index is 14.5. The molecule has 1 aliphatic rings. The van der Waals surface area contributed by atoms with Crippen LogP contribution in [0.5, 0.6) is 0 Å². The van der Waals surface area contributed by atoms with Gasteiger partial charge in [0.2, 0.25) is 0 Å². The first-order valence-corrected chi connectivity index (χ1v) is 15.0. The Morgan fingerprint density at radius 3 is 2.47 bits per heavy atom. The molecule has 8 nitrogen and oxygen atoms in total. The minimum Gasteiger partial charge on any atom is -0.394 e. The lowest BCUT2D eigenvalue weighted by Gasteiger charge is -2.35. The van der Waals surface area contributed by atoms with Gasteiger partial charge in [-0.25, -0.2) is 4.79 Å². The molecule has 2 N–H and O–H groups in total. The van der Waals surface area contributed by atoms with Crippen molar-refractivity contribution >= 4 is 22.8 Å². The van der Waals surface area contributed by atoms with Gasteiger partial charge in [0.25, 0.3) is 5.91 Å². The molecule has 1 aliphatic heterocycles. The van der Waals surface area contributed by atoms with Crippen molar-refractivity contribution < 1.29 is 19.4 Å². The number of aromatic nitrogens is 1. The number of aryl methyl sites for hydroxylation is 1. The maximum Gasteiger partial charge on any atom is 0.317 e. The predicted octanol–water partition coefficient (Wildman–Crippen LogP) is 5.61. The lowest BCUT2D eigenvalue weighted by Crippen LogP contribution is -2.49. The highest BCUT2D eigenvalue weighted by molar-refractivity contribution is 6.10. The van der Waals surface area contributed by atoms with E-state index in [0.29, 0.717) is 25.4 Å². The van der Waals surface area contributed by atoms with Crippen LogP contribution >= 0.6 is 0 Å². The van der Waals surface area contributed by atoms with Crippen LogP contribution < -0.4 is 5.32 Å². The fourth-order valence-electron chi connectivity index (χ4n) is 6.00. The number of carbonyl (C=O) groups excluding carboxylic acids is 2. The normalized spacial score (nSPS) is 18.7. The zero-order valence-electron chi connectivity index (χ0n) is 25.7. The molecule has 0 spiro atoms. The Kier molecular flexibility index (Phi) is 9.18. The number of aliphatic hydroxyl groups is 1. The van der Waals surface area contributed by atoms with Gasteiger partial charge in [-0.05, 0) is 36.6 Å². The fraction of sp³-hybridized carbons (Fsp3) is 0.371. The largest absolute Gasteiger partial charge is 0.394 e. The monoisotopic (exact) mass is 582 g/mol. The Balaban J connectivity index is 1.50. The predicted molar refractivity (Wildman–Crippen MR) is 170 cm³/mol. The molecular weight excluding hydrogens is 540 g/mol. The molecule has 0 unspecified atom stereocenters. The molecule has 43 heavy (non-hydrogen) atoms. The zero-order valence-corrected chi connectivity index (χ0v) is 25.7. The van der Waals surface area contributed by atoms with Gasteiger partial charge in [-0.15, -0.1) is 0 Å². The molecular formula is C35H42N4O4. The first-order chi connectivity index (χ1) is 20.7. The SMILES string of the molecule is C[C@H](NC(=O)N(C)C[C@@H]1OCc2ccccc2-c2c(n(C)c3ccccc23)C(=O)N([C@H](C)CO)C[C@@H]1C)c1ccccc1. The number of hydrogen-bond acceptors (Lipinski definition) is 4. The van der Waals surface area contributed by atoms with E-state index in [9.17, 15) is 14.7 Å². The van der Waals surface area contributed by atoms with Crippen LogP contribution in [0.25, 0.3) is 22.0 Å². The zero-order chi connectivity index (χ0) is 30.7. The standard InChI is InChI=1S/C35H42N4O4/c1-23-19-39(24(2)21-40)34(41)33-32(29-17-11-12-18-30(29)38(33)5)28-16-10-9-15-27(28)22-43-31(23)20-37(4)35(42)36-25(3)26-13-7-6-8-14-26/h6-18,23-25,31,40H,19-22H2,1-5H3,(H,36,42)/t23-,24+,25-,31-/m0/s1. The number of nitrogens with zero attached hydrogens (tertiary/aromatic N) is 3. The van der Waals surface area contributed by atoms with Gasteiger partial charge in [0.15, 0.2) is 0 Å². The van der Waals surface area contributed by atoms with Gasteiger partial charge in [-0.3, -0.25) is 4.79 Å². The Labute approximate surface area is 253 Å². The Bertz CT molecular complexity index is 1580. The van der Waals surface area contributed by atoms with Crippen molar-refractivity contribution in [3.8, 4) is 11.1 Å². The number of likely N-dealkylation sites (N-methyl/N-ethyl adjacent to an activating group) is 1. The summed E-state index contributed by atoms with van der Waals surface area (Å²) in [5, 5.41) is 14.3. The van der Waals surface area contributed by atoms with Crippen LogP contribution in [0.4, 0.5) is 4.79 Å². The van der Waals surface area contributed by atoms with Crippen molar-refractivity contribution in [1.82, 2.24) is 19.7 Å². The van der Waals surface area contributed by atoms with E-state index in [1.165, 1.54) is 0 Å². The fourth-order valence-corrected chi connectivity index (χ4v) is 6.00. The second kappa shape index (κ2) is 13.0. The van der Waals surface area contributed by atoms with Crippen molar-refractivity contribution in [3.05, 3.63) is 95.7 Å². The minimum absolute atomic E-state index is 0.136. The third kappa shape index (κ3) is 6.17. The summed E-state index contributed by atoms with van der Waals surface area (Å²) in [6.45, 7) is 6.72. The molecule has 0 fully saturated rings. The van der Waals surface area contributed by atoms with E-state index in [2.05, 4.69) is 5.32 Å². The Morgan fingerprint density at radius 1 is 1.05 bits per heavy atom. The summed E-state index contributed by atoms with van der Waals surface area (Å²) in [5.41, 5.74) is 5.36. The van der Waals surface area contributed by atoms with Crippen molar-refractivity contribution in [3.63, 3.8) is 0 Å². The van der Waals surface area contributed by atoms with E-state index in [4.69, 9.17) is 4.74 Å². The number of nitrogens with one attached hydrogen (secondary N) is 1. The molecule has 5 rings (SSSR count). The van der Waals surface area contributed by atoms with Gasteiger partial charge in [0.1, 0.15) is 5.69 Å². The summed E-state index contributed by atoms with van der Waals surface area (Å²) >= 11 is 0. The van der Waals surface area contributed by atoms with Crippen LogP contribution in [0.1, 0.15) is 48.4 Å². The smallest absolute Gasteiger partial charge is 0.317 e. The van der Waals surface area contributed by atoms with Crippen LogP contribution in [-0.4, -0.2) is 70.3 Å². The molecule has 3 amide bonds. The van der Waals surface area contributed by atoms with Crippen LogP contribution in [0.2, 0.25) is 0 Å². The highest BCUT2D eigenvalue weighted by atomic mass is 16.5. The lowest BCUT2D eigenvalue weighted by atomic mass is 9.96. The summed E-state index contributed by atoms with van der Waals surface area (Å²) in [4.78, 5) is 31.1. The van der Waals surface area contributed by atoms with Gasteiger partial charge in [0.05, 0.1) is 31.4 Å². The maximum atomic E-state index is 14.5. The third-order valence-electron chi connectivity index (χ3n) is 8.67. The Morgan fingerprint density at radius 2 is 1.72 bits per heavy atom. The number of rotatable bonds is 6. The number of fused-ring (bicyclic) bond motifs is 5. The number of ether oxygens (including phenoxy) is 1. The first kappa shape index (κ1) is 30.3. The summed E-state index contributed by atoms with van der Waals surface area (Å²) < 4.78 is 8.59. The second-order valence-corrected chi connectivity index (χ2v) is 11.7. The van der Waals surface area contributed by atoms with E-state index < -0.39 is 6.04 Å². The van der Waals surface area contributed by atoms with Gasteiger partial charge < -0.3 is 29.5 Å². The van der Waals surface area contributed by atoms with Crippen LogP contribution in [-0.2, 0) is 18.4 Å². The molecule has 0 bridgehead atoms. The van der Waals surface area contributed by atoms with E-state index >= 15 is 0 Å². The molecule has 0 aliphatic carbocycles. The summed E-state index contributed by atoms with van der Waals surface area (Å²) in [6, 6.07) is 25.2. The minimum atomic E-state index is -0.412. The highest BCUT2D eigenvalue weighted by Crippen LogP contribution is 2.38. The summed E-state index contributed by atoms with van der Waals surface area (Å²) in [5.74, 6) is -0.275. The van der Waals surface area contributed by atoms with Crippen LogP contribution in [0.3, 0.4) is 0 Å². The molecule has 0 saturated carbocycles. The van der Waals surface area contributed by atoms with E-state index in [1.54, 1.807) is 16.8 Å². The number of para-hydroxylation sites is 1. The molecule has 1 aromatic heterocycles. The average molecular weight is 583 g/mol. The topological polar surface area (TPSA) is 87.0 Å². The molecule has 8 heteroatoms. The van der Waals surface area contributed by atoms with Crippen molar-refractivity contribution in [2.75, 3.05) is 26.7 Å². The average Bonchev–Trinajstić information content (AvgIpc) is 3.32. The molecule has 0 radical (unpaired) electrons. The molecule has 4 atom stereocenters. The molecule has 226 valence electrons. The number of urea groups is 1. The summed E-state index contributed by atoms with van der Waals surface area (Å²) in [6.07, 6.45) is -0.366. The number of aliphatic hydroxyl groups excluding tert-OH is 1. The number of amides is 3. The quantitative estimate of drug-likeness (QED) is 0.310. The van der Waals surface area contributed by atoms with Crippen molar-refractivity contribution in [1.29, 1.82) is 0 Å².